The molecule has 0 fully saturated rings. The van der Waals surface area contributed by atoms with E-state index in [1.807, 2.05) is 31.3 Å². The standard InChI is InChI=1S/C15H13BrClN3S/c1-8-7-11(21-14(8)16)13-12(15(18)20(2)19-13)9-5-3-4-6-10(9)17/h3-7H,18H2,1-2H3. The van der Waals surface area contributed by atoms with Crippen molar-refractivity contribution in [1.82, 2.24) is 9.78 Å². The van der Waals surface area contributed by atoms with Gasteiger partial charge in [-0.1, -0.05) is 29.8 Å². The zero-order valence-corrected chi connectivity index (χ0v) is 14.7. The number of nitrogens with two attached hydrogens (primary N) is 1. The number of anilines is 1. The van der Waals surface area contributed by atoms with E-state index in [2.05, 4.69) is 34.0 Å². The molecule has 0 amide bonds. The highest BCUT2D eigenvalue weighted by molar-refractivity contribution is 9.11. The van der Waals surface area contributed by atoms with Gasteiger partial charge in [-0.15, -0.1) is 11.3 Å². The average Bonchev–Trinajstić information content (AvgIpc) is 2.93. The van der Waals surface area contributed by atoms with E-state index in [0.717, 1.165) is 25.5 Å². The molecule has 0 aliphatic carbocycles. The molecule has 0 atom stereocenters. The molecule has 0 unspecified atom stereocenters. The van der Waals surface area contributed by atoms with Crippen LogP contribution in [0.4, 0.5) is 5.82 Å². The Morgan fingerprint density at radius 1 is 1.33 bits per heavy atom. The number of nitrogens with zero attached hydrogens (tertiary/aromatic N) is 2. The minimum absolute atomic E-state index is 0.611. The zero-order valence-electron chi connectivity index (χ0n) is 11.5. The minimum atomic E-state index is 0.611. The fourth-order valence-corrected chi connectivity index (χ4v) is 3.97. The molecule has 3 rings (SSSR count). The summed E-state index contributed by atoms with van der Waals surface area (Å²) in [5.74, 6) is 0.611. The molecule has 6 heteroatoms. The third kappa shape index (κ3) is 2.50. The first kappa shape index (κ1) is 14.6. The summed E-state index contributed by atoms with van der Waals surface area (Å²) in [7, 11) is 1.84. The Kier molecular flexibility index (Phi) is 3.82. The Hall–Kier alpha value is -1.30. The first-order chi connectivity index (χ1) is 9.99. The molecule has 0 saturated carbocycles. The van der Waals surface area contributed by atoms with E-state index >= 15 is 0 Å². The maximum atomic E-state index is 6.34. The third-order valence-corrected chi connectivity index (χ3v) is 5.80. The predicted octanol–water partition coefficient (Wildman–Crippen LogP) is 5.12. The normalized spacial score (nSPS) is 11.0. The molecule has 0 radical (unpaired) electrons. The molecule has 21 heavy (non-hydrogen) atoms. The summed E-state index contributed by atoms with van der Waals surface area (Å²) in [4.78, 5) is 1.07. The zero-order chi connectivity index (χ0) is 15.1. The Balaban J connectivity index is 2.28. The number of benzene rings is 1. The molecule has 1 aromatic carbocycles. The largest absolute Gasteiger partial charge is 0.383 e. The van der Waals surface area contributed by atoms with E-state index in [-0.39, 0.29) is 0 Å². The van der Waals surface area contributed by atoms with E-state index in [1.165, 1.54) is 5.56 Å². The average molecular weight is 383 g/mol. The predicted molar refractivity (Wildman–Crippen MR) is 93.8 cm³/mol. The topological polar surface area (TPSA) is 43.8 Å². The number of halogens is 2. The SMILES string of the molecule is Cc1cc(-c2nn(C)c(N)c2-c2ccccc2Cl)sc1Br. The van der Waals surface area contributed by atoms with Gasteiger partial charge in [-0.3, -0.25) is 4.68 Å². The van der Waals surface area contributed by atoms with Crippen LogP contribution in [0.3, 0.4) is 0 Å². The Labute approximate surface area is 140 Å². The highest BCUT2D eigenvalue weighted by Gasteiger charge is 2.21. The lowest BCUT2D eigenvalue weighted by Crippen LogP contribution is -1.98. The van der Waals surface area contributed by atoms with Gasteiger partial charge in [0.05, 0.1) is 14.2 Å². The Morgan fingerprint density at radius 2 is 2.05 bits per heavy atom. The molecule has 0 saturated heterocycles. The molecule has 2 aromatic heterocycles. The van der Waals surface area contributed by atoms with Crippen LogP contribution in [-0.2, 0) is 7.05 Å². The number of hydrogen-bond acceptors (Lipinski definition) is 3. The van der Waals surface area contributed by atoms with Crippen molar-refractivity contribution >= 4 is 44.7 Å². The van der Waals surface area contributed by atoms with Crippen molar-refractivity contribution in [2.75, 3.05) is 5.73 Å². The first-order valence-electron chi connectivity index (χ1n) is 6.32. The van der Waals surface area contributed by atoms with Crippen LogP contribution >= 0.6 is 38.9 Å². The monoisotopic (exact) mass is 381 g/mol. The molecule has 0 bridgehead atoms. The summed E-state index contributed by atoms with van der Waals surface area (Å²) in [6, 6.07) is 9.80. The highest BCUT2D eigenvalue weighted by atomic mass is 79.9. The number of nitrogen functional groups attached to an aromatic ring is 1. The van der Waals surface area contributed by atoms with Crippen LogP contribution in [0.5, 0.6) is 0 Å². The van der Waals surface area contributed by atoms with Crippen molar-refractivity contribution in [3.05, 3.63) is 44.7 Å². The molecule has 108 valence electrons. The van der Waals surface area contributed by atoms with Gasteiger partial charge in [0.25, 0.3) is 0 Å². The lowest BCUT2D eigenvalue weighted by atomic mass is 10.0. The van der Waals surface area contributed by atoms with Crippen LogP contribution < -0.4 is 5.73 Å². The van der Waals surface area contributed by atoms with Crippen molar-refractivity contribution < 1.29 is 0 Å². The first-order valence-corrected chi connectivity index (χ1v) is 8.31. The van der Waals surface area contributed by atoms with Gasteiger partial charge in [-0.05, 0) is 40.5 Å². The quantitative estimate of drug-likeness (QED) is 0.668. The fraction of sp³-hybridized carbons (Fsp3) is 0.133. The van der Waals surface area contributed by atoms with Gasteiger partial charge < -0.3 is 5.73 Å². The van der Waals surface area contributed by atoms with E-state index in [1.54, 1.807) is 16.0 Å². The summed E-state index contributed by atoms with van der Waals surface area (Å²) in [6.45, 7) is 2.06. The van der Waals surface area contributed by atoms with Crippen molar-refractivity contribution in [1.29, 1.82) is 0 Å². The molecule has 0 aliphatic rings. The Bertz CT molecular complexity index is 803. The number of hydrogen-bond donors (Lipinski definition) is 1. The minimum Gasteiger partial charge on any atom is -0.383 e. The highest BCUT2D eigenvalue weighted by Crippen LogP contribution is 2.43. The molecule has 0 spiro atoms. The van der Waals surface area contributed by atoms with Crippen molar-refractivity contribution in [2.24, 2.45) is 7.05 Å². The number of rotatable bonds is 2. The lowest BCUT2D eigenvalue weighted by molar-refractivity contribution is 0.783. The number of thiophene rings is 1. The van der Waals surface area contributed by atoms with Gasteiger partial charge in [0.15, 0.2) is 0 Å². The van der Waals surface area contributed by atoms with Gasteiger partial charge in [-0.25, -0.2) is 0 Å². The van der Waals surface area contributed by atoms with Gasteiger partial charge in [0.2, 0.25) is 0 Å². The van der Waals surface area contributed by atoms with E-state index in [9.17, 15) is 0 Å². The molecule has 0 aliphatic heterocycles. The maximum absolute atomic E-state index is 6.34. The van der Waals surface area contributed by atoms with Gasteiger partial charge in [0, 0.05) is 17.6 Å². The van der Waals surface area contributed by atoms with Gasteiger partial charge in [0.1, 0.15) is 11.5 Å². The van der Waals surface area contributed by atoms with Crippen molar-refractivity contribution in [3.63, 3.8) is 0 Å². The van der Waals surface area contributed by atoms with Gasteiger partial charge >= 0.3 is 0 Å². The summed E-state index contributed by atoms with van der Waals surface area (Å²) in [6.07, 6.45) is 0. The fourth-order valence-electron chi connectivity index (χ4n) is 2.22. The van der Waals surface area contributed by atoms with Crippen molar-refractivity contribution in [2.45, 2.75) is 6.92 Å². The van der Waals surface area contributed by atoms with Crippen LogP contribution in [-0.4, -0.2) is 9.78 Å². The summed E-state index contributed by atoms with van der Waals surface area (Å²) >= 11 is 11.5. The van der Waals surface area contributed by atoms with E-state index < -0.39 is 0 Å². The van der Waals surface area contributed by atoms with Crippen LogP contribution in [0.15, 0.2) is 34.1 Å². The van der Waals surface area contributed by atoms with Crippen molar-refractivity contribution in [3.8, 4) is 21.7 Å². The molecule has 2 N–H and O–H groups in total. The van der Waals surface area contributed by atoms with Crippen LogP contribution in [0, 0.1) is 6.92 Å². The molecular formula is C15H13BrClN3S. The molecule has 3 aromatic rings. The van der Waals surface area contributed by atoms with Crippen LogP contribution in [0.25, 0.3) is 21.7 Å². The van der Waals surface area contributed by atoms with E-state index in [4.69, 9.17) is 17.3 Å². The summed E-state index contributed by atoms with van der Waals surface area (Å²) in [5, 5.41) is 5.25. The summed E-state index contributed by atoms with van der Waals surface area (Å²) < 4.78 is 2.79. The molecule has 3 nitrogen and oxygen atoms in total. The lowest BCUT2D eigenvalue weighted by Gasteiger charge is -2.05. The second kappa shape index (κ2) is 5.48. The van der Waals surface area contributed by atoms with E-state index in [0.29, 0.717) is 10.8 Å². The number of aryl methyl sites for hydroxylation is 2. The summed E-state index contributed by atoms with van der Waals surface area (Å²) in [5.41, 5.74) is 10.1. The van der Waals surface area contributed by atoms with Crippen LogP contribution in [0.1, 0.15) is 5.56 Å². The molecular weight excluding hydrogens is 370 g/mol. The smallest absolute Gasteiger partial charge is 0.130 e. The second-order valence-electron chi connectivity index (χ2n) is 4.78. The Morgan fingerprint density at radius 3 is 2.67 bits per heavy atom. The molecule has 2 heterocycles. The number of aromatic nitrogens is 2. The maximum Gasteiger partial charge on any atom is 0.130 e. The van der Waals surface area contributed by atoms with Crippen LogP contribution in [0.2, 0.25) is 5.02 Å². The van der Waals surface area contributed by atoms with Gasteiger partial charge in [-0.2, -0.15) is 5.10 Å². The second-order valence-corrected chi connectivity index (χ2v) is 7.56. The third-order valence-electron chi connectivity index (χ3n) is 3.33.